The Kier molecular flexibility index (Phi) is 5.58. The number of hydrogen-bond acceptors (Lipinski definition) is 1. The van der Waals surface area contributed by atoms with E-state index < -0.39 is 0 Å². The van der Waals surface area contributed by atoms with Gasteiger partial charge in [0.25, 0.3) is 0 Å². The van der Waals surface area contributed by atoms with Crippen LogP contribution < -0.4 is 5.32 Å². The van der Waals surface area contributed by atoms with Crippen molar-refractivity contribution < 1.29 is 0 Å². The van der Waals surface area contributed by atoms with Crippen LogP contribution in [0.4, 0.5) is 0 Å². The van der Waals surface area contributed by atoms with E-state index in [-0.39, 0.29) is 0 Å². The highest BCUT2D eigenvalue weighted by Crippen LogP contribution is 2.29. The van der Waals surface area contributed by atoms with Crippen LogP contribution in [-0.2, 0) is 0 Å². The van der Waals surface area contributed by atoms with Crippen LogP contribution in [0.3, 0.4) is 0 Å². The fourth-order valence-electron chi connectivity index (χ4n) is 2.73. The summed E-state index contributed by atoms with van der Waals surface area (Å²) in [6, 6.07) is 18.1. The van der Waals surface area contributed by atoms with Gasteiger partial charge in [0.2, 0.25) is 0 Å². The number of hydrogen-bond donors (Lipinski definition) is 1. The summed E-state index contributed by atoms with van der Waals surface area (Å²) in [7, 11) is 2.02. The monoisotopic (exact) mass is 281 g/mol. The number of rotatable bonds is 6. The van der Waals surface area contributed by atoms with Gasteiger partial charge < -0.3 is 5.32 Å². The van der Waals surface area contributed by atoms with Gasteiger partial charge in [-0.15, -0.1) is 0 Å². The van der Waals surface area contributed by atoms with Crippen molar-refractivity contribution in [3.05, 3.63) is 70.8 Å². The van der Waals surface area contributed by atoms with E-state index in [9.17, 15) is 0 Å². The maximum Gasteiger partial charge on any atom is 0.0101 e. The minimum absolute atomic E-state index is 0.472. The summed E-state index contributed by atoms with van der Waals surface area (Å²) in [5.41, 5.74) is 5.56. The molecule has 1 atom stereocenters. The van der Waals surface area contributed by atoms with E-state index in [0.717, 1.165) is 13.0 Å². The molecule has 2 aromatic rings. The predicted octanol–water partition coefficient (Wildman–Crippen LogP) is 4.86. The third kappa shape index (κ3) is 4.18. The molecule has 2 aromatic carbocycles. The van der Waals surface area contributed by atoms with E-state index in [1.54, 1.807) is 0 Å². The Labute approximate surface area is 129 Å². The maximum absolute atomic E-state index is 3.28. The van der Waals surface area contributed by atoms with Crippen LogP contribution in [-0.4, -0.2) is 13.6 Å². The highest BCUT2D eigenvalue weighted by Gasteiger charge is 2.14. The van der Waals surface area contributed by atoms with Crippen molar-refractivity contribution in [2.24, 2.45) is 0 Å². The summed E-state index contributed by atoms with van der Waals surface area (Å²) in [5.74, 6) is 1.06. The van der Waals surface area contributed by atoms with Crippen molar-refractivity contribution in [3.63, 3.8) is 0 Å². The van der Waals surface area contributed by atoms with Gasteiger partial charge in [-0.05, 0) is 49.5 Å². The lowest BCUT2D eigenvalue weighted by Crippen LogP contribution is -2.13. The summed E-state index contributed by atoms with van der Waals surface area (Å²) in [5, 5.41) is 3.28. The quantitative estimate of drug-likeness (QED) is 0.797. The van der Waals surface area contributed by atoms with Crippen molar-refractivity contribution in [1.82, 2.24) is 5.32 Å². The molecule has 1 unspecified atom stereocenters. The topological polar surface area (TPSA) is 12.0 Å². The molecule has 0 saturated carbocycles. The molecular formula is C20H27N. The van der Waals surface area contributed by atoms with Crippen LogP contribution in [0.25, 0.3) is 0 Å². The fraction of sp³-hybridized carbons (Fsp3) is 0.400. The van der Waals surface area contributed by atoms with E-state index in [4.69, 9.17) is 0 Å². The molecule has 112 valence electrons. The molecule has 0 heterocycles. The molecule has 0 radical (unpaired) electrons. The summed E-state index contributed by atoms with van der Waals surface area (Å²) in [6.45, 7) is 7.66. The molecule has 1 N–H and O–H groups in total. The van der Waals surface area contributed by atoms with Gasteiger partial charge in [0.1, 0.15) is 0 Å². The predicted molar refractivity (Wildman–Crippen MR) is 92.1 cm³/mol. The molecule has 2 rings (SSSR count). The van der Waals surface area contributed by atoms with E-state index >= 15 is 0 Å². The van der Waals surface area contributed by atoms with Crippen LogP contribution in [0.15, 0.2) is 48.5 Å². The van der Waals surface area contributed by atoms with E-state index in [0.29, 0.717) is 11.8 Å². The highest BCUT2D eigenvalue weighted by molar-refractivity contribution is 5.36. The van der Waals surface area contributed by atoms with E-state index in [1.165, 1.54) is 22.3 Å². The van der Waals surface area contributed by atoms with E-state index in [2.05, 4.69) is 74.6 Å². The summed E-state index contributed by atoms with van der Waals surface area (Å²) in [4.78, 5) is 0. The van der Waals surface area contributed by atoms with Gasteiger partial charge in [-0.25, -0.2) is 0 Å². The molecule has 0 bridgehead atoms. The van der Waals surface area contributed by atoms with Crippen LogP contribution in [0, 0.1) is 6.92 Å². The molecule has 1 heteroatoms. The smallest absolute Gasteiger partial charge is 0.0101 e. The van der Waals surface area contributed by atoms with Crippen LogP contribution >= 0.6 is 0 Å². The molecule has 0 saturated heterocycles. The van der Waals surface area contributed by atoms with Crippen LogP contribution in [0.1, 0.15) is 54.4 Å². The van der Waals surface area contributed by atoms with Crippen molar-refractivity contribution in [3.8, 4) is 0 Å². The first kappa shape index (κ1) is 15.8. The Hall–Kier alpha value is -1.60. The van der Waals surface area contributed by atoms with Gasteiger partial charge in [-0.2, -0.15) is 0 Å². The van der Waals surface area contributed by atoms with E-state index in [1.807, 2.05) is 7.05 Å². The SMILES string of the molecule is CNCCC(c1ccc(C)cc1)c1ccc(C(C)C)cc1. The number of benzene rings is 2. The van der Waals surface area contributed by atoms with Crippen molar-refractivity contribution in [2.45, 2.75) is 39.0 Å². The Morgan fingerprint density at radius 3 is 1.76 bits per heavy atom. The molecule has 0 amide bonds. The zero-order valence-corrected chi connectivity index (χ0v) is 13.7. The molecular weight excluding hydrogens is 254 g/mol. The normalized spacial score (nSPS) is 12.6. The Balaban J connectivity index is 2.28. The standard InChI is InChI=1S/C20H27N/c1-15(2)17-9-11-19(12-10-17)20(13-14-21-4)18-7-5-16(3)6-8-18/h5-12,15,20-21H,13-14H2,1-4H3. The number of aryl methyl sites for hydroxylation is 1. The molecule has 0 aliphatic heterocycles. The minimum Gasteiger partial charge on any atom is -0.320 e. The zero-order chi connectivity index (χ0) is 15.2. The largest absolute Gasteiger partial charge is 0.320 e. The first-order valence-corrected chi connectivity index (χ1v) is 7.93. The van der Waals surface area contributed by atoms with Gasteiger partial charge >= 0.3 is 0 Å². The molecule has 1 nitrogen and oxygen atoms in total. The van der Waals surface area contributed by atoms with Gasteiger partial charge in [0, 0.05) is 5.92 Å². The average molecular weight is 281 g/mol. The molecule has 0 fully saturated rings. The lowest BCUT2D eigenvalue weighted by atomic mass is 9.87. The third-order valence-corrected chi connectivity index (χ3v) is 4.17. The van der Waals surface area contributed by atoms with Crippen LogP contribution in [0.5, 0.6) is 0 Å². The summed E-state index contributed by atoms with van der Waals surface area (Å²) >= 11 is 0. The Morgan fingerprint density at radius 1 is 0.810 bits per heavy atom. The third-order valence-electron chi connectivity index (χ3n) is 4.17. The molecule has 21 heavy (non-hydrogen) atoms. The zero-order valence-electron chi connectivity index (χ0n) is 13.7. The molecule has 0 spiro atoms. The maximum atomic E-state index is 3.28. The first-order chi connectivity index (χ1) is 10.1. The van der Waals surface area contributed by atoms with Gasteiger partial charge in [-0.1, -0.05) is 67.9 Å². The van der Waals surface area contributed by atoms with Crippen molar-refractivity contribution in [1.29, 1.82) is 0 Å². The second-order valence-electron chi connectivity index (χ2n) is 6.18. The van der Waals surface area contributed by atoms with Gasteiger partial charge in [-0.3, -0.25) is 0 Å². The second-order valence-corrected chi connectivity index (χ2v) is 6.18. The van der Waals surface area contributed by atoms with Crippen molar-refractivity contribution in [2.75, 3.05) is 13.6 Å². The van der Waals surface area contributed by atoms with Crippen LogP contribution in [0.2, 0.25) is 0 Å². The van der Waals surface area contributed by atoms with Gasteiger partial charge in [0.05, 0.1) is 0 Å². The lowest BCUT2D eigenvalue weighted by molar-refractivity contribution is 0.661. The Bertz CT molecular complexity index is 537. The highest BCUT2D eigenvalue weighted by atomic mass is 14.8. The average Bonchev–Trinajstić information content (AvgIpc) is 2.50. The fourth-order valence-corrected chi connectivity index (χ4v) is 2.73. The summed E-state index contributed by atoms with van der Waals surface area (Å²) in [6.07, 6.45) is 1.13. The molecule has 0 aliphatic rings. The molecule has 0 aromatic heterocycles. The number of nitrogens with one attached hydrogen (secondary N) is 1. The second kappa shape index (κ2) is 7.42. The lowest BCUT2D eigenvalue weighted by Gasteiger charge is -2.19. The molecule has 0 aliphatic carbocycles. The minimum atomic E-state index is 0.472. The first-order valence-electron chi connectivity index (χ1n) is 7.93. The Morgan fingerprint density at radius 2 is 1.29 bits per heavy atom. The van der Waals surface area contributed by atoms with Gasteiger partial charge in [0.15, 0.2) is 0 Å². The van der Waals surface area contributed by atoms with Crippen molar-refractivity contribution >= 4 is 0 Å². The summed E-state index contributed by atoms with van der Waals surface area (Å²) < 4.78 is 0.